The van der Waals surface area contributed by atoms with E-state index in [-0.39, 0.29) is 0 Å². The van der Waals surface area contributed by atoms with Crippen LogP contribution in [0.3, 0.4) is 0 Å². The van der Waals surface area contributed by atoms with Crippen molar-refractivity contribution in [2.24, 2.45) is 0 Å². The number of benzene rings is 1. The van der Waals surface area contributed by atoms with E-state index in [0.717, 1.165) is 22.1 Å². The maximum Gasteiger partial charge on any atom is 0.159 e. The molecule has 2 aromatic rings. The highest BCUT2D eigenvalue weighted by Crippen LogP contribution is 2.26. The Bertz CT molecular complexity index is 514. The van der Waals surface area contributed by atoms with E-state index in [2.05, 4.69) is 31.2 Å². The lowest BCUT2D eigenvalue weighted by Crippen LogP contribution is -2.06. The van der Waals surface area contributed by atoms with Gasteiger partial charge in [0.2, 0.25) is 0 Å². The molecule has 0 aliphatic rings. The second kappa shape index (κ2) is 5.58. The minimum atomic E-state index is 0.681. The first-order valence-electron chi connectivity index (χ1n) is 5.11. The highest BCUT2D eigenvalue weighted by molar-refractivity contribution is 9.10. The summed E-state index contributed by atoms with van der Waals surface area (Å²) in [5, 5.41) is 3.74. The van der Waals surface area contributed by atoms with Gasteiger partial charge in [-0.3, -0.25) is 0 Å². The molecule has 0 unspecified atom stereocenters. The second-order valence-corrected chi connectivity index (χ2v) is 4.84. The average Bonchev–Trinajstić information content (AvgIpc) is 2.34. The summed E-state index contributed by atoms with van der Waals surface area (Å²) in [5.74, 6) is 0.696. The maximum absolute atomic E-state index is 5.94. The Morgan fingerprint density at radius 3 is 2.59 bits per heavy atom. The molecule has 88 valence electrons. The fourth-order valence-corrected chi connectivity index (χ4v) is 1.93. The zero-order valence-corrected chi connectivity index (χ0v) is 11.6. The van der Waals surface area contributed by atoms with Crippen molar-refractivity contribution >= 4 is 27.5 Å². The topological polar surface area (TPSA) is 37.8 Å². The van der Waals surface area contributed by atoms with Gasteiger partial charge in [0.15, 0.2) is 5.82 Å². The van der Waals surface area contributed by atoms with Gasteiger partial charge in [0, 0.05) is 34.5 Å². The Hall–Kier alpha value is -0.970. The third-order valence-electron chi connectivity index (χ3n) is 2.26. The SMILES string of the molecule is CNCc1cnc(-c2ccc(Cl)c(Br)c2)nc1. The van der Waals surface area contributed by atoms with Crippen molar-refractivity contribution in [3.63, 3.8) is 0 Å². The van der Waals surface area contributed by atoms with Crippen molar-refractivity contribution in [1.29, 1.82) is 0 Å². The van der Waals surface area contributed by atoms with Gasteiger partial charge >= 0.3 is 0 Å². The van der Waals surface area contributed by atoms with Gasteiger partial charge in [-0.15, -0.1) is 0 Å². The van der Waals surface area contributed by atoms with Gasteiger partial charge in [0.05, 0.1) is 5.02 Å². The molecule has 5 heteroatoms. The number of rotatable bonds is 3. The van der Waals surface area contributed by atoms with Crippen LogP contribution in [-0.4, -0.2) is 17.0 Å². The third kappa shape index (κ3) is 3.03. The van der Waals surface area contributed by atoms with Crippen LogP contribution in [0.15, 0.2) is 35.1 Å². The summed E-state index contributed by atoms with van der Waals surface area (Å²) >= 11 is 9.32. The molecule has 0 fully saturated rings. The van der Waals surface area contributed by atoms with E-state index in [0.29, 0.717) is 10.8 Å². The first-order chi connectivity index (χ1) is 8.20. The molecule has 2 rings (SSSR count). The van der Waals surface area contributed by atoms with Gasteiger partial charge < -0.3 is 5.32 Å². The van der Waals surface area contributed by atoms with E-state index in [1.54, 1.807) is 0 Å². The molecular formula is C12H11BrClN3. The zero-order chi connectivity index (χ0) is 12.3. The molecule has 0 aliphatic heterocycles. The summed E-state index contributed by atoms with van der Waals surface area (Å²) in [6, 6.07) is 5.64. The smallest absolute Gasteiger partial charge is 0.159 e. The molecule has 1 N–H and O–H groups in total. The average molecular weight is 313 g/mol. The number of hydrogen-bond acceptors (Lipinski definition) is 3. The van der Waals surface area contributed by atoms with Gasteiger partial charge in [-0.05, 0) is 41.2 Å². The van der Waals surface area contributed by atoms with Crippen LogP contribution >= 0.6 is 27.5 Å². The molecule has 0 saturated heterocycles. The van der Waals surface area contributed by atoms with Crippen LogP contribution in [-0.2, 0) is 6.54 Å². The monoisotopic (exact) mass is 311 g/mol. The first kappa shape index (κ1) is 12.5. The Balaban J connectivity index is 2.30. The van der Waals surface area contributed by atoms with Crippen molar-refractivity contribution in [3.05, 3.63) is 45.7 Å². The Morgan fingerprint density at radius 1 is 1.29 bits per heavy atom. The number of nitrogens with one attached hydrogen (secondary N) is 1. The van der Waals surface area contributed by atoms with E-state index >= 15 is 0 Å². The van der Waals surface area contributed by atoms with Gasteiger partial charge in [-0.25, -0.2) is 9.97 Å². The van der Waals surface area contributed by atoms with Crippen LogP contribution in [0.2, 0.25) is 5.02 Å². The highest BCUT2D eigenvalue weighted by Gasteiger charge is 2.04. The molecule has 1 aromatic heterocycles. The molecule has 3 nitrogen and oxygen atoms in total. The molecule has 1 aromatic carbocycles. The van der Waals surface area contributed by atoms with Crippen LogP contribution in [0.5, 0.6) is 0 Å². The lowest BCUT2D eigenvalue weighted by molar-refractivity contribution is 0.807. The number of nitrogens with zero attached hydrogens (tertiary/aromatic N) is 2. The lowest BCUT2D eigenvalue weighted by atomic mass is 10.2. The van der Waals surface area contributed by atoms with E-state index in [9.17, 15) is 0 Å². The van der Waals surface area contributed by atoms with E-state index < -0.39 is 0 Å². The van der Waals surface area contributed by atoms with Crippen LogP contribution < -0.4 is 5.32 Å². The summed E-state index contributed by atoms with van der Waals surface area (Å²) in [6.07, 6.45) is 3.64. The molecule has 0 radical (unpaired) electrons. The fraction of sp³-hybridized carbons (Fsp3) is 0.167. The normalized spacial score (nSPS) is 10.5. The van der Waals surface area contributed by atoms with Gasteiger partial charge in [-0.2, -0.15) is 0 Å². The molecular weight excluding hydrogens is 302 g/mol. The quantitative estimate of drug-likeness (QED) is 0.945. The summed E-state index contributed by atoms with van der Waals surface area (Å²) in [6.45, 7) is 0.768. The van der Waals surface area contributed by atoms with Gasteiger partial charge in [-0.1, -0.05) is 11.6 Å². The van der Waals surface area contributed by atoms with Crippen molar-refractivity contribution in [1.82, 2.24) is 15.3 Å². The zero-order valence-electron chi connectivity index (χ0n) is 9.24. The van der Waals surface area contributed by atoms with Crippen molar-refractivity contribution < 1.29 is 0 Å². The molecule has 0 bridgehead atoms. The highest BCUT2D eigenvalue weighted by atomic mass is 79.9. The molecule has 17 heavy (non-hydrogen) atoms. The van der Waals surface area contributed by atoms with Gasteiger partial charge in [0.25, 0.3) is 0 Å². The van der Waals surface area contributed by atoms with E-state index in [4.69, 9.17) is 11.6 Å². The predicted octanol–water partition coefficient (Wildman–Crippen LogP) is 3.28. The van der Waals surface area contributed by atoms with Crippen molar-refractivity contribution in [3.8, 4) is 11.4 Å². The number of halogens is 2. The molecule has 0 aliphatic carbocycles. The van der Waals surface area contributed by atoms with Crippen molar-refractivity contribution in [2.45, 2.75) is 6.54 Å². The Labute approximate surface area is 113 Å². The third-order valence-corrected chi connectivity index (χ3v) is 3.48. The van der Waals surface area contributed by atoms with Crippen LogP contribution in [0.4, 0.5) is 0 Å². The Morgan fingerprint density at radius 2 is 2.00 bits per heavy atom. The Kier molecular flexibility index (Phi) is 4.10. The predicted molar refractivity (Wildman–Crippen MR) is 72.9 cm³/mol. The summed E-state index contributed by atoms with van der Waals surface area (Å²) in [5.41, 5.74) is 2.00. The first-order valence-corrected chi connectivity index (χ1v) is 6.29. The molecule has 0 saturated carbocycles. The maximum atomic E-state index is 5.94. The van der Waals surface area contributed by atoms with E-state index in [1.165, 1.54) is 0 Å². The van der Waals surface area contributed by atoms with Crippen LogP contribution in [0.25, 0.3) is 11.4 Å². The van der Waals surface area contributed by atoms with Crippen LogP contribution in [0, 0.1) is 0 Å². The largest absolute Gasteiger partial charge is 0.316 e. The minimum absolute atomic E-state index is 0.681. The molecule has 1 heterocycles. The number of hydrogen-bond donors (Lipinski definition) is 1. The second-order valence-electron chi connectivity index (χ2n) is 3.57. The van der Waals surface area contributed by atoms with Gasteiger partial charge in [0.1, 0.15) is 0 Å². The lowest BCUT2D eigenvalue weighted by Gasteiger charge is -2.03. The van der Waals surface area contributed by atoms with Crippen molar-refractivity contribution in [2.75, 3.05) is 7.05 Å². The summed E-state index contributed by atoms with van der Waals surface area (Å²) < 4.78 is 0.847. The number of aromatic nitrogens is 2. The standard InChI is InChI=1S/C12H11BrClN3/c1-15-5-8-6-16-12(17-7-8)9-2-3-11(14)10(13)4-9/h2-4,6-7,15H,5H2,1H3. The summed E-state index contributed by atoms with van der Waals surface area (Å²) in [4.78, 5) is 8.65. The minimum Gasteiger partial charge on any atom is -0.316 e. The molecule has 0 atom stereocenters. The molecule has 0 amide bonds. The summed E-state index contributed by atoms with van der Waals surface area (Å²) in [7, 11) is 1.89. The van der Waals surface area contributed by atoms with Crippen LogP contribution in [0.1, 0.15) is 5.56 Å². The van der Waals surface area contributed by atoms with E-state index in [1.807, 2.05) is 37.6 Å². The fourth-order valence-electron chi connectivity index (χ4n) is 1.43. The molecule has 0 spiro atoms.